The zero-order valence-electron chi connectivity index (χ0n) is 8.20. The fraction of sp³-hybridized carbons (Fsp3) is 0.200. The van der Waals surface area contributed by atoms with Gasteiger partial charge in [-0.05, 0) is 0 Å². The quantitative estimate of drug-likeness (QED) is 0.745. The van der Waals surface area contributed by atoms with Gasteiger partial charge in [0.15, 0.2) is 0 Å². The van der Waals surface area contributed by atoms with Crippen LogP contribution in [0.15, 0.2) is 19.0 Å². The zero-order chi connectivity index (χ0) is 10.6. The Morgan fingerprint density at radius 1 is 1.71 bits per heavy atom. The van der Waals surface area contributed by atoms with Crippen molar-refractivity contribution in [1.29, 1.82) is 0 Å². The standard InChI is InChI=1S/C10H12N2O2.H2/c1-4-7-5-12-6-8(9(7)11-2)10(13)14-3;/h4-6H,1H2,2-3H3,(H,11,12);1H. The molecule has 1 aromatic rings. The highest BCUT2D eigenvalue weighted by Crippen LogP contribution is 2.20. The maximum Gasteiger partial charge on any atom is 0.341 e. The SMILES string of the molecule is C=Cc1cncc(C(=O)OC)c1NC.[HH]. The van der Waals surface area contributed by atoms with Crippen LogP contribution in [-0.4, -0.2) is 25.1 Å². The summed E-state index contributed by atoms with van der Waals surface area (Å²) in [5, 5.41) is 2.92. The number of carbonyl (C=O) groups excluding carboxylic acids is 1. The van der Waals surface area contributed by atoms with Gasteiger partial charge in [0.05, 0.1) is 12.8 Å². The molecule has 14 heavy (non-hydrogen) atoms. The molecule has 0 aliphatic heterocycles. The summed E-state index contributed by atoms with van der Waals surface area (Å²) in [5.74, 6) is -0.412. The number of nitrogens with one attached hydrogen (secondary N) is 1. The van der Waals surface area contributed by atoms with Gasteiger partial charge < -0.3 is 10.1 Å². The van der Waals surface area contributed by atoms with E-state index in [0.717, 1.165) is 5.56 Å². The number of rotatable bonds is 3. The first kappa shape index (κ1) is 10.2. The molecule has 0 radical (unpaired) electrons. The van der Waals surface area contributed by atoms with Crippen molar-refractivity contribution in [3.63, 3.8) is 0 Å². The van der Waals surface area contributed by atoms with Crippen molar-refractivity contribution >= 4 is 17.7 Å². The highest BCUT2D eigenvalue weighted by Gasteiger charge is 2.13. The fourth-order valence-corrected chi connectivity index (χ4v) is 1.18. The average molecular weight is 194 g/mol. The van der Waals surface area contributed by atoms with E-state index in [1.165, 1.54) is 13.3 Å². The predicted octanol–water partition coefficient (Wildman–Crippen LogP) is 1.80. The van der Waals surface area contributed by atoms with E-state index >= 15 is 0 Å². The lowest BCUT2D eigenvalue weighted by atomic mass is 10.1. The first-order valence-corrected chi connectivity index (χ1v) is 4.11. The van der Waals surface area contributed by atoms with Gasteiger partial charge in [0.25, 0.3) is 0 Å². The monoisotopic (exact) mass is 194 g/mol. The van der Waals surface area contributed by atoms with Gasteiger partial charge in [-0.2, -0.15) is 0 Å². The highest BCUT2D eigenvalue weighted by atomic mass is 16.5. The Balaban J connectivity index is 0.00000196. The summed E-state index contributed by atoms with van der Waals surface area (Å²) in [4.78, 5) is 15.2. The van der Waals surface area contributed by atoms with Crippen LogP contribution in [0.3, 0.4) is 0 Å². The average Bonchev–Trinajstić information content (AvgIpc) is 2.26. The number of hydrogen-bond donors (Lipinski definition) is 1. The number of pyridine rings is 1. The molecule has 1 N–H and O–H groups in total. The van der Waals surface area contributed by atoms with Crippen LogP contribution in [0.1, 0.15) is 17.3 Å². The molecule has 0 unspecified atom stereocenters. The second kappa shape index (κ2) is 4.41. The van der Waals surface area contributed by atoms with Crippen molar-refractivity contribution in [3.8, 4) is 0 Å². The van der Waals surface area contributed by atoms with Gasteiger partial charge in [0, 0.05) is 26.4 Å². The van der Waals surface area contributed by atoms with E-state index in [1.807, 2.05) is 0 Å². The number of aromatic nitrogens is 1. The van der Waals surface area contributed by atoms with E-state index in [1.54, 1.807) is 19.3 Å². The Bertz CT molecular complexity index is 366. The first-order chi connectivity index (χ1) is 6.74. The van der Waals surface area contributed by atoms with E-state index in [4.69, 9.17) is 0 Å². The molecule has 0 amide bonds. The van der Waals surface area contributed by atoms with Crippen LogP contribution in [0.25, 0.3) is 6.08 Å². The van der Waals surface area contributed by atoms with E-state index in [-0.39, 0.29) is 1.43 Å². The van der Waals surface area contributed by atoms with Crippen molar-refractivity contribution in [2.45, 2.75) is 0 Å². The lowest BCUT2D eigenvalue weighted by molar-refractivity contribution is 0.0601. The molecule has 4 nitrogen and oxygen atoms in total. The third kappa shape index (κ3) is 1.74. The number of esters is 1. The van der Waals surface area contributed by atoms with E-state index in [9.17, 15) is 4.79 Å². The molecule has 1 rings (SSSR count). The molecule has 0 saturated heterocycles. The van der Waals surface area contributed by atoms with Crippen LogP contribution in [0, 0.1) is 0 Å². The minimum Gasteiger partial charge on any atom is -0.465 e. The minimum atomic E-state index is -0.412. The van der Waals surface area contributed by atoms with Gasteiger partial charge in [-0.3, -0.25) is 4.98 Å². The lowest BCUT2D eigenvalue weighted by Gasteiger charge is -2.09. The van der Waals surface area contributed by atoms with Gasteiger partial charge in [-0.1, -0.05) is 12.7 Å². The Hall–Kier alpha value is -1.84. The number of ether oxygens (including phenoxy) is 1. The highest BCUT2D eigenvalue weighted by molar-refractivity contribution is 5.97. The maximum atomic E-state index is 11.3. The van der Waals surface area contributed by atoms with Gasteiger partial charge in [-0.15, -0.1) is 0 Å². The van der Waals surface area contributed by atoms with Gasteiger partial charge in [-0.25, -0.2) is 4.79 Å². The normalized spacial score (nSPS) is 9.29. The molecule has 1 aromatic heterocycles. The van der Waals surface area contributed by atoms with Crippen molar-refractivity contribution in [2.24, 2.45) is 0 Å². The zero-order valence-corrected chi connectivity index (χ0v) is 8.20. The topological polar surface area (TPSA) is 51.2 Å². The molecule has 1 heterocycles. The van der Waals surface area contributed by atoms with Gasteiger partial charge in [0.1, 0.15) is 5.56 Å². The van der Waals surface area contributed by atoms with Crippen molar-refractivity contribution < 1.29 is 11.0 Å². The first-order valence-electron chi connectivity index (χ1n) is 4.11. The molecule has 0 aromatic carbocycles. The molecule has 4 heteroatoms. The molecule has 0 aliphatic rings. The van der Waals surface area contributed by atoms with Crippen molar-refractivity contribution in [1.82, 2.24) is 4.98 Å². The smallest absolute Gasteiger partial charge is 0.341 e. The summed E-state index contributed by atoms with van der Waals surface area (Å²) in [7, 11) is 3.07. The Morgan fingerprint density at radius 2 is 2.43 bits per heavy atom. The lowest BCUT2D eigenvalue weighted by Crippen LogP contribution is -2.07. The molecule has 0 bridgehead atoms. The summed E-state index contributed by atoms with van der Waals surface area (Å²) in [6, 6.07) is 0. The molecule has 0 spiro atoms. The summed E-state index contributed by atoms with van der Waals surface area (Å²) in [5.41, 5.74) is 1.87. The second-order valence-electron chi connectivity index (χ2n) is 2.60. The van der Waals surface area contributed by atoms with E-state index < -0.39 is 5.97 Å². The number of anilines is 1. The third-order valence-corrected chi connectivity index (χ3v) is 1.85. The molecule has 0 atom stereocenters. The molecule has 0 saturated carbocycles. The van der Waals surface area contributed by atoms with Crippen LogP contribution >= 0.6 is 0 Å². The largest absolute Gasteiger partial charge is 0.465 e. The molecular weight excluding hydrogens is 180 g/mol. The number of hydrogen-bond acceptors (Lipinski definition) is 4. The maximum absolute atomic E-state index is 11.3. The van der Waals surface area contributed by atoms with Gasteiger partial charge in [0.2, 0.25) is 0 Å². The molecule has 0 aliphatic carbocycles. The summed E-state index contributed by atoms with van der Waals surface area (Å²) in [6.07, 6.45) is 4.72. The van der Waals surface area contributed by atoms with Crippen LogP contribution in [0.4, 0.5) is 5.69 Å². The summed E-state index contributed by atoms with van der Waals surface area (Å²) < 4.78 is 4.63. The number of carbonyl (C=O) groups is 1. The number of methoxy groups -OCH3 is 1. The Labute approximate surface area is 84.1 Å². The molecule has 0 fully saturated rings. The third-order valence-electron chi connectivity index (χ3n) is 1.85. The Morgan fingerprint density at radius 3 is 2.93 bits per heavy atom. The fourth-order valence-electron chi connectivity index (χ4n) is 1.18. The summed E-state index contributed by atoms with van der Waals surface area (Å²) >= 11 is 0. The Kier molecular flexibility index (Phi) is 3.23. The van der Waals surface area contributed by atoms with Crippen LogP contribution in [0.5, 0.6) is 0 Å². The second-order valence-corrected chi connectivity index (χ2v) is 2.60. The van der Waals surface area contributed by atoms with Gasteiger partial charge >= 0.3 is 5.97 Å². The predicted molar refractivity (Wildman–Crippen MR) is 57.3 cm³/mol. The minimum absolute atomic E-state index is 0. The van der Waals surface area contributed by atoms with E-state index in [0.29, 0.717) is 11.3 Å². The molecular formula is C10H14N2O2. The van der Waals surface area contributed by atoms with Crippen molar-refractivity contribution in [3.05, 3.63) is 30.1 Å². The van der Waals surface area contributed by atoms with Crippen LogP contribution < -0.4 is 5.32 Å². The number of nitrogens with zero attached hydrogens (tertiary/aromatic N) is 1. The molecule has 76 valence electrons. The van der Waals surface area contributed by atoms with E-state index in [2.05, 4.69) is 21.6 Å². The van der Waals surface area contributed by atoms with Crippen molar-refractivity contribution in [2.75, 3.05) is 19.5 Å². The van der Waals surface area contributed by atoms with Crippen LogP contribution in [-0.2, 0) is 4.74 Å². The summed E-state index contributed by atoms with van der Waals surface area (Å²) in [6.45, 7) is 3.63. The van der Waals surface area contributed by atoms with Crippen LogP contribution in [0.2, 0.25) is 0 Å².